The summed E-state index contributed by atoms with van der Waals surface area (Å²) >= 11 is 0. The molecule has 0 bridgehead atoms. The molecule has 4 nitrogen and oxygen atoms in total. The Morgan fingerprint density at radius 1 is 1.53 bits per heavy atom. The maximum Gasteiger partial charge on any atom is 0.248 e. The summed E-state index contributed by atoms with van der Waals surface area (Å²) in [6.07, 6.45) is 4.64. The highest BCUT2D eigenvalue weighted by Crippen LogP contribution is 2.21. The van der Waals surface area contributed by atoms with Gasteiger partial charge in [-0.05, 0) is 37.5 Å². The van der Waals surface area contributed by atoms with Crippen molar-refractivity contribution in [1.29, 1.82) is 0 Å². The maximum atomic E-state index is 11.2. The zero-order valence-corrected chi connectivity index (χ0v) is 11.4. The van der Waals surface area contributed by atoms with Crippen molar-refractivity contribution in [2.24, 2.45) is 5.73 Å². The van der Waals surface area contributed by atoms with Crippen molar-refractivity contribution in [3.63, 3.8) is 0 Å². The third-order valence-electron chi connectivity index (χ3n) is 3.50. The van der Waals surface area contributed by atoms with Crippen LogP contribution in [0.3, 0.4) is 0 Å². The number of hydrogen-bond acceptors (Lipinski definition) is 3. The van der Waals surface area contributed by atoms with Crippen molar-refractivity contribution in [1.82, 2.24) is 0 Å². The summed E-state index contributed by atoms with van der Waals surface area (Å²) in [5.74, 6) is -0.389. The van der Waals surface area contributed by atoms with Gasteiger partial charge in [0.1, 0.15) is 0 Å². The van der Waals surface area contributed by atoms with E-state index in [1.165, 1.54) is 0 Å². The zero-order chi connectivity index (χ0) is 13.7. The molecule has 104 valence electrons. The highest BCUT2D eigenvalue weighted by molar-refractivity contribution is 5.93. The third-order valence-corrected chi connectivity index (χ3v) is 3.50. The molecule has 19 heavy (non-hydrogen) atoms. The molecular formula is C15H22N2O2. The number of nitrogens with two attached hydrogens (primary N) is 1. The second kappa shape index (κ2) is 6.57. The first-order valence-corrected chi connectivity index (χ1v) is 6.97. The van der Waals surface area contributed by atoms with Crippen molar-refractivity contribution in [2.45, 2.75) is 44.8 Å². The first kappa shape index (κ1) is 13.9. The van der Waals surface area contributed by atoms with Crippen LogP contribution in [0.5, 0.6) is 0 Å². The average Bonchev–Trinajstić information content (AvgIpc) is 2.40. The van der Waals surface area contributed by atoms with E-state index >= 15 is 0 Å². The summed E-state index contributed by atoms with van der Waals surface area (Å²) < 4.78 is 5.73. The van der Waals surface area contributed by atoms with Crippen molar-refractivity contribution in [3.05, 3.63) is 29.8 Å². The number of carbonyl (C=O) groups is 1. The Morgan fingerprint density at radius 2 is 2.37 bits per heavy atom. The first-order chi connectivity index (χ1) is 9.19. The molecule has 1 fully saturated rings. The maximum absolute atomic E-state index is 11.2. The molecule has 1 heterocycles. The predicted octanol–water partition coefficient (Wildman–Crippen LogP) is 2.55. The molecule has 1 aromatic carbocycles. The second-order valence-electron chi connectivity index (χ2n) is 5.09. The Labute approximate surface area is 114 Å². The van der Waals surface area contributed by atoms with E-state index < -0.39 is 0 Å². The van der Waals surface area contributed by atoms with Gasteiger partial charge in [0.15, 0.2) is 0 Å². The van der Waals surface area contributed by atoms with E-state index in [-0.39, 0.29) is 5.91 Å². The summed E-state index contributed by atoms with van der Waals surface area (Å²) in [5, 5.41) is 3.48. The average molecular weight is 262 g/mol. The number of amides is 1. The largest absolute Gasteiger partial charge is 0.382 e. The van der Waals surface area contributed by atoms with Gasteiger partial charge < -0.3 is 15.8 Å². The molecule has 0 aromatic heterocycles. The Kier molecular flexibility index (Phi) is 4.80. The Morgan fingerprint density at radius 3 is 3.11 bits per heavy atom. The molecule has 4 heteroatoms. The smallest absolute Gasteiger partial charge is 0.248 e. The number of hydrogen-bond donors (Lipinski definition) is 2. The number of primary amides is 1. The molecule has 0 spiro atoms. The van der Waals surface area contributed by atoms with Crippen molar-refractivity contribution >= 4 is 11.6 Å². The summed E-state index contributed by atoms with van der Waals surface area (Å²) in [4.78, 5) is 11.2. The fraction of sp³-hybridized carbons (Fsp3) is 0.533. The van der Waals surface area contributed by atoms with Crippen LogP contribution < -0.4 is 11.1 Å². The van der Waals surface area contributed by atoms with Crippen LogP contribution in [0, 0.1) is 0 Å². The van der Waals surface area contributed by atoms with Gasteiger partial charge in [-0.3, -0.25) is 4.79 Å². The molecule has 1 aromatic rings. The lowest BCUT2D eigenvalue weighted by molar-refractivity contribution is 0.00597. The van der Waals surface area contributed by atoms with E-state index in [2.05, 4.69) is 12.2 Å². The number of benzene rings is 1. The molecule has 0 radical (unpaired) electrons. The van der Waals surface area contributed by atoms with E-state index in [9.17, 15) is 4.79 Å². The highest BCUT2D eigenvalue weighted by Gasteiger charge is 2.21. The Hall–Kier alpha value is -1.55. The number of carbonyl (C=O) groups excluding carboxylic acids is 1. The van der Waals surface area contributed by atoms with E-state index in [1.54, 1.807) is 6.07 Å². The standard InChI is InChI=1S/C15H22N2O2/c1-2-4-14-10-13(7-8-19-14)17-12-6-3-5-11(9-12)15(16)18/h3,5-6,9,13-14,17H,2,4,7-8,10H2,1H3,(H2,16,18). The normalized spacial score (nSPS) is 23.0. The molecule has 2 unspecified atom stereocenters. The van der Waals surface area contributed by atoms with Gasteiger partial charge in [-0.15, -0.1) is 0 Å². The van der Waals surface area contributed by atoms with E-state index in [0.717, 1.165) is 38.0 Å². The lowest BCUT2D eigenvalue weighted by atomic mass is 9.99. The van der Waals surface area contributed by atoms with E-state index in [1.807, 2.05) is 18.2 Å². The minimum Gasteiger partial charge on any atom is -0.382 e. The molecular weight excluding hydrogens is 240 g/mol. The minimum absolute atomic E-state index is 0.357. The van der Waals surface area contributed by atoms with Gasteiger partial charge in [0.25, 0.3) is 0 Å². The summed E-state index contributed by atoms with van der Waals surface area (Å²) in [7, 11) is 0. The lowest BCUT2D eigenvalue weighted by Gasteiger charge is -2.30. The molecule has 2 rings (SSSR count). The quantitative estimate of drug-likeness (QED) is 0.857. The van der Waals surface area contributed by atoms with E-state index in [4.69, 9.17) is 10.5 Å². The highest BCUT2D eigenvalue weighted by atomic mass is 16.5. The van der Waals surface area contributed by atoms with Crippen molar-refractivity contribution < 1.29 is 9.53 Å². The van der Waals surface area contributed by atoms with Crippen molar-refractivity contribution in [3.8, 4) is 0 Å². The molecule has 1 aliphatic rings. The van der Waals surface area contributed by atoms with Crippen LogP contribution in [0.2, 0.25) is 0 Å². The predicted molar refractivity (Wildman–Crippen MR) is 76.3 cm³/mol. The molecule has 1 aliphatic heterocycles. The molecule has 0 saturated carbocycles. The molecule has 1 amide bonds. The molecule has 3 N–H and O–H groups in total. The van der Waals surface area contributed by atoms with Crippen LogP contribution in [0.15, 0.2) is 24.3 Å². The van der Waals surface area contributed by atoms with Crippen LogP contribution >= 0.6 is 0 Å². The monoisotopic (exact) mass is 262 g/mol. The van der Waals surface area contributed by atoms with Crippen LogP contribution in [-0.4, -0.2) is 24.7 Å². The Balaban J connectivity index is 1.96. The fourth-order valence-corrected chi connectivity index (χ4v) is 2.53. The summed E-state index contributed by atoms with van der Waals surface area (Å²) in [6, 6.07) is 7.78. The summed E-state index contributed by atoms with van der Waals surface area (Å²) in [6.45, 7) is 2.98. The summed E-state index contributed by atoms with van der Waals surface area (Å²) in [5.41, 5.74) is 6.79. The van der Waals surface area contributed by atoms with Gasteiger partial charge >= 0.3 is 0 Å². The van der Waals surface area contributed by atoms with Gasteiger partial charge in [0.05, 0.1) is 6.10 Å². The van der Waals surface area contributed by atoms with Gasteiger partial charge in [-0.2, -0.15) is 0 Å². The van der Waals surface area contributed by atoms with Crippen LogP contribution in [0.1, 0.15) is 43.0 Å². The minimum atomic E-state index is -0.389. The lowest BCUT2D eigenvalue weighted by Crippen LogP contribution is -2.34. The number of anilines is 1. The number of nitrogens with one attached hydrogen (secondary N) is 1. The molecule has 2 atom stereocenters. The third kappa shape index (κ3) is 3.96. The SMILES string of the molecule is CCCC1CC(Nc2cccc(C(N)=O)c2)CCO1. The van der Waals surface area contributed by atoms with Crippen molar-refractivity contribution in [2.75, 3.05) is 11.9 Å². The van der Waals surface area contributed by atoms with Gasteiger partial charge in [-0.1, -0.05) is 19.4 Å². The Bertz CT molecular complexity index is 432. The molecule has 1 saturated heterocycles. The van der Waals surface area contributed by atoms with E-state index in [0.29, 0.717) is 17.7 Å². The van der Waals surface area contributed by atoms with Crippen LogP contribution in [0.25, 0.3) is 0 Å². The zero-order valence-electron chi connectivity index (χ0n) is 11.4. The van der Waals surface area contributed by atoms with Crippen LogP contribution in [0.4, 0.5) is 5.69 Å². The fourth-order valence-electron chi connectivity index (χ4n) is 2.53. The number of rotatable bonds is 5. The topological polar surface area (TPSA) is 64.3 Å². The first-order valence-electron chi connectivity index (χ1n) is 6.97. The van der Waals surface area contributed by atoms with Gasteiger partial charge in [0.2, 0.25) is 5.91 Å². The second-order valence-corrected chi connectivity index (χ2v) is 5.09. The molecule has 0 aliphatic carbocycles. The van der Waals surface area contributed by atoms with Gasteiger partial charge in [0, 0.05) is 23.9 Å². The van der Waals surface area contributed by atoms with Gasteiger partial charge in [-0.25, -0.2) is 0 Å². The van der Waals surface area contributed by atoms with Crippen LogP contribution in [-0.2, 0) is 4.74 Å². The number of ether oxygens (including phenoxy) is 1.